The fourth-order valence-electron chi connectivity index (χ4n) is 2.95. The maximum atomic E-state index is 5.72. The van der Waals surface area contributed by atoms with E-state index in [2.05, 4.69) is 41.7 Å². The second-order valence-corrected chi connectivity index (χ2v) is 6.88. The quantitative estimate of drug-likeness (QED) is 0.422. The molecule has 7 nitrogen and oxygen atoms in total. The van der Waals surface area contributed by atoms with Crippen LogP contribution in [0.5, 0.6) is 11.5 Å². The Hall–Kier alpha value is -2.70. The van der Waals surface area contributed by atoms with Crippen molar-refractivity contribution >= 4 is 5.96 Å². The van der Waals surface area contributed by atoms with Crippen LogP contribution in [0.2, 0.25) is 0 Å². The summed E-state index contributed by atoms with van der Waals surface area (Å²) in [5, 5.41) is 11.0. The zero-order valence-corrected chi connectivity index (χ0v) is 18.1. The molecule has 1 unspecified atom stereocenters. The van der Waals surface area contributed by atoms with E-state index < -0.39 is 0 Å². The molecule has 0 saturated heterocycles. The van der Waals surface area contributed by atoms with Crippen LogP contribution in [0.25, 0.3) is 0 Å². The maximum Gasteiger partial charge on any atom is 0.191 e. The lowest BCUT2D eigenvalue weighted by Gasteiger charge is -2.15. The van der Waals surface area contributed by atoms with E-state index in [0.717, 1.165) is 50.1 Å². The summed E-state index contributed by atoms with van der Waals surface area (Å²) in [6, 6.07) is 8.08. The molecule has 0 fully saturated rings. The summed E-state index contributed by atoms with van der Waals surface area (Å²) in [5.74, 6) is 2.85. The standard InChI is InChI=1S/C22H35N5O2/c1-5-23-22(25-16-18(4)17-27-14-8-12-26-27)24-13-11-19-9-10-20(28-6-2)21(15-19)29-7-3/h8-10,12,14-15,18H,5-7,11,13,16-17H2,1-4H3,(H2,23,24,25). The monoisotopic (exact) mass is 401 g/mol. The molecule has 0 spiro atoms. The first-order valence-corrected chi connectivity index (χ1v) is 10.5. The van der Waals surface area contributed by atoms with Crippen LogP contribution in [0, 0.1) is 5.92 Å². The lowest BCUT2D eigenvalue weighted by molar-refractivity contribution is 0.287. The summed E-state index contributed by atoms with van der Waals surface area (Å²) in [6.45, 7) is 12.7. The molecule has 2 aromatic rings. The number of hydrogen-bond donors (Lipinski definition) is 2. The van der Waals surface area contributed by atoms with Gasteiger partial charge in [0.15, 0.2) is 17.5 Å². The van der Waals surface area contributed by atoms with Gasteiger partial charge in [-0.25, -0.2) is 0 Å². The van der Waals surface area contributed by atoms with Crippen LogP contribution < -0.4 is 20.1 Å². The van der Waals surface area contributed by atoms with Crippen LogP contribution >= 0.6 is 0 Å². The highest BCUT2D eigenvalue weighted by molar-refractivity contribution is 5.79. The molecule has 160 valence electrons. The van der Waals surface area contributed by atoms with Gasteiger partial charge >= 0.3 is 0 Å². The summed E-state index contributed by atoms with van der Waals surface area (Å²) in [4.78, 5) is 4.72. The molecule has 2 N–H and O–H groups in total. The average molecular weight is 402 g/mol. The van der Waals surface area contributed by atoms with Gasteiger partial charge in [-0.2, -0.15) is 5.10 Å². The highest BCUT2D eigenvalue weighted by Crippen LogP contribution is 2.28. The summed E-state index contributed by atoms with van der Waals surface area (Å²) in [6.07, 6.45) is 4.66. The second kappa shape index (κ2) is 12.7. The highest BCUT2D eigenvalue weighted by atomic mass is 16.5. The van der Waals surface area contributed by atoms with E-state index in [9.17, 15) is 0 Å². The molecule has 29 heavy (non-hydrogen) atoms. The SMILES string of the molecule is CCNC(=NCC(C)Cn1cccn1)NCCc1ccc(OCC)c(OCC)c1. The summed E-state index contributed by atoms with van der Waals surface area (Å²) < 4.78 is 13.3. The third-order valence-electron chi connectivity index (χ3n) is 4.28. The third kappa shape index (κ3) is 8.05. The number of aliphatic imine (C=N–C) groups is 1. The van der Waals surface area contributed by atoms with Gasteiger partial charge < -0.3 is 20.1 Å². The van der Waals surface area contributed by atoms with Crippen LogP contribution in [-0.2, 0) is 13.0 Å². The molecule has 0 saturated carbocycles. The predicted molar refractivity (Wildman–Crippen MR) is 118 cm³/mol. The zero-order valence-electron chi connectivity index (χ0n) is 18.1. The molecule has 1 heterocycles. The first-order valence-electron chi connectivity index (χ1n) is 10.5. The first kappa shape index (κ1) is 22.6. The van der Waals surface area contributed by atoms with E-state index in [1.165, 1.54) is 5.56 Å². The smallest absolute Gasteiger partial charge is 0.191 e. The Balaban J connectivity index is 1.87. The van der Waals surface area contributed by atoms with Crippen molar-refractivity contribution in [2.24, 2.45) is 10.9 Å². The van der Waals surface area contributed by atoms with Crippen LogP contribution in [-0.4, -0.2) is 48.6 Å². The molecule has 0 bridgehead atoms. The third-order valence-corrected chi connectivity index (χ3v) is 4.28. The van der Waals surface area contributed by atoms with Gasteiger partial charge in [0, 0.05) is 38.6 Å². The van der Waals surface area contributed by atoms with Gasteiger partial charge in [0.2, 0.25) is 0 Å². The van der Waals surface area contributed by atoms with Crippen molar-refractivity contribution in [3.8, 4) is 11.5 Å². The Bertz CT molecular complexity index is 731. The summed E-state index contributed by atoms with van der Waals surface area (Å²) in [5.41, 5.74) is 1.20. The number of ether oxygens (including phenoxy) is 2. The van der Waals surface area contributed by atoms with Crippen molar-refractivity contribution < 1.29 is 9.47 Å². The second-order valence-electron chi connectivity index (χ2n) is 6.88. The molecular weight excluding hydrogens is 366 g/mol. The normalized spacial score (nSPS) is 12.5. The number of rotatable bonds is 12. The molecule has 0 radical (unpaired) electrons. The molecule has 1 aromatic carbocycles. The topological polar surface area (TPSA) is 72.7 Å². The predicted octanol–water partition coefficient (Wildman–Crippen LogP) is 3.11. The fourth-order valence-corrected chi connectivity index (χ4v) is 2.95. The number of guanidine groups is 1. The van der Waals surface area contributed by atoms with Crippen molar-refractivity contribution in [3.05, 3.63) is 42.2 Å². The van der Waals surface area contributed by atoms with Gasteiger partial charge in [-0.3, -0.25) is 9.67 Å². The van der Waals surface area contributed by atoms with E-state index in [0.29, 0.717) is 19.1 Å². The maximum absolute atomic E-state index is 5.72. The first-order chi connectivity index (χ1) is 14.2. The van der Waals surface area contributed by atoms with Crippen molar-refractivity contribution in [2.45, 2.75) is 40.7 Å². The van der Waals surface area contributed by atoms with Gasteiger partial charge in [-0.05, 0) is 56.9 Å². The number of nitrogens with zero attached hydrogens (tertiary/aromatic N) is 3. The Morgan fingerprint density at radius 2 is 1.93 bits per heavy atom. The molecule has 0 aliphatic carbocycles. The van der Waals surface area contributed by atoms with Crippen LogP contribution in [0.4, 0.5) is 0 Å². The van der Waals surface area contributed by atoms with Gasteiger partial charge in [0.05, 0.1) is 13.2 Å². The minimum absolute atomic E-state index is 0.408. The molecule has 1 atom stereocenters. The van der Waals surface area contributed by atoms with E-state index in [1.807, 2.05) is 36.9 Å². The van der Waals surface area contributed by atoms with Gasteiger partial charge in [-0.1, -0.05) is 13.0 Å². The van der Waals surface area contributed by atoms with Gasteiger partial charge in [-0.15, -0.1) is 0 Å². The Morgan fingerprint density at radius 1 is 1.14 bits per heavy atom. The van der Waals surface area contributed by atoms with Gasteiger partial charge in [0.1, 0.15) is 0 Å². The number of nitrogens with one attached hydrogen (secondary N) is 2. The van der Waals surface area contributed by atoms with E-state index >= 15 is 0 Å². The molecule has 7 heteroatoms. The molecular formula is C22H35N5O2. The Morgan fingerprint density at radius 3 is 2.62 bits per heavy atom. The molecule has 0 amide bonds. The van der Waals surface area contributed by atoms with Crippen molar-refractivity contribution in [1.82, 2.24) is 20.4 Å². The van der Waals surface area contributed by atoms with E-state index in [4.69, 9.17) is 14.5 Å². The van der Waals surface area contributed by atoms with Crippen LogP contribution in [0.1, 0.15) is 33.3 Å². The fraction of sp³-hybridized carbons (Fsp3) is 0.545. The summed E-state index contributed by atoms with van der Waals surface area (Å²) >= 11 is 0. The van der Waals surface area contributed by atoms with Crippen molar-refractivity contribution in [1.29, 1.82) is 0 Å². The highest BCUT2D eigenvalue weighted by Gasteiger charge is 2.07. The van der Waals surface area contributed by atoms with E-state index in [1.54, 1.807) is 6.20 Å². The van der Waals surface area contributed by atoms with Crippen LogP contribution in [0.3, 0.4) is 0 Å². The summed E-state index contributed by atoms with van der Waals surface area (Å²) in [7, 11) is 0. The van der Waals surface area contributed by atoms with Crippen molar-refractivity contribution in [2.75, 3.05) is 32.8 Å². The number of aromatic nitrogens is 2. The molecule has 0 aliphatic heterocycles. The lowest BCUT2D eigenvalue weighted by atomic mass is 10.1. The Labute approximate surface area is 174 Å². The van der Waals surface area contributed by atoms with Crippen LogP contribution in [0.15, 0.2) is 41.7 Å². The number of benzene rings is 1. The minimum Gasteiger partial charge on any atom is -0.490 e. The van der Waals surface area contributed by atoms with Crippen molar-refractivity contribution in [3.63, 3.8) is 0 Å². The largest absolute Gasteiger partial charge is 0.490 e. The van der Waals surface area contributed by atoms with Gasteiger partial charge in [0.25, 0.3) is 0 Å². The van der Waals surface area contributed by atoms with E-state index in [-0.39, 0.29) is 0 Å². The molecule has 2 rings (SSSR count). The Kier molecular flexibility index (Phi) is 9.89. The molecule has 1 aromatic heterocycles. The number of hydrogen-bond acceptors (Lipinski definition) is 4. The molecule has 0 aliphatic rings. The lowest BCUT2D eigenvalue weighted by Crippen LogP contribution is -2.38. The average Bonchev–Trinajstić information content (AvgIpc) is 3.21. The zero-order chi connectivity index (χ0) is 20.9. The minimum atomic E-state index is 0.408.